The van der Waals surface area contributed by atoms with E-state index >= 15 is 0 Å². The van der Waals surface area contributed by atoms with Gasteiger partial charge in [-0.1, -0.05) is 0 Å². The molecule has 0 aromatic carbocycles. The normalized spacial score (nSPS) is 14.9. The monoisotopic (exact) mass is 882 g/mol. The number of hydrogen-bond acceptors (Lipinski definition) is 14. The molecule has 5 rings (SSSR count). The van der Waals surface area contributed by atoms with E-state index in [1.165, 1.54) is 57.7 Å². The molecule has 0 spiro atoms. The van der Waals surface area contributed by atoms with Crippen molar-refractivity contribution in [3.05, 3.63) is 42.0 Å². The van der Waals surface area contributed by atoms with Crippen LogP contribution < -0.4 is 37.6 Å². The summed E-state index contributed by atoms with van der Waals surface area (Å²) in [6.45, 7) is 10.9. The van der Waals surface area contributed by atoms with Crippen LogP contribution >= 0.6 is 0 Å². The number of aryl methyl sites for hydroxylation is 3. The second kappa shape index (κ2) is 24.8. The molecule has 6 amide bonds. The fourth-order valence-corrected chi connectivity index (χ4v) is 7.12. The molecule has 0 atom stereocenters. The van der Waals surface area contributed by atoms with E-state index in [4.69, 9.17) is 19.9 Å². The van der Waals surface area contributed by atoms with Crippen molar-refractivity contribution >= 4 is 52.8 Å². The number of carbonyl (C=O) groups excluding carboxylic acids is 6. The van der Waals surface area contributed by atoms with Crippen LogP contribution in [0.4, 0.5) is 17.3 Å². The molecule has 23 heteroatoms. The number of piperazine rings is 1. The predicted molar refractivity (Wildman–Crippen MR) is 231 cm³/mol. The highest BCUT2D eigenvalue weighted by molar-refractivity contribution is 6.04. The molecule has 63 heavy (non-hydrogen) atoms. The topological polar surface area (TPSA) is 275 Å². The Balaban J connectivity index is 0.872. The summed E-state index contributed by atoms with van der Waals surface area (Å²) < 4.78 is 21.0. The first-order valence-corrected chi connectivity index (χ1v) is 21.2. The zero-order chi connectivity index (χ0) is 45.1. The van der Waals surface area contributed by atoms with E-state index < -0.39 is 29.5 Å². The van der Waals surface area contributed by atoms with Crippen molar-refractivity contribution < 1.29 is 43.0 Å². The van der Waals surface area contributed by atoms with E-state index in [9.17, 15) is 28.8 Å². The molecule has 3 aromatic heterocycles. The minimum Gasteiger partial charge on any atom is -0.378 e. The average Bonchev–Trinajstić information content (AvgIpc) is 3.93. The van der Waals surface area contributed by atoms with Gasteiger partial charge in [-0.15, -0.1) is 0 Å². The number of rotatable bonds is 25. The van der Waals surface area contributed by atoms with Crippen LogP contribution in [0.1, 0.15) is 57.4 Å². The van der Waals surface area contributed by atoms with Crippen LogP contribution in [0.2, 0.25) is 0 Å². The lowest BCUT2D eigenvalue weighted by molar-refractivity contribution is -0.126. The Morgan fingerprint density at radius 3 is 1.89 bits per heavy atom. The van der Waals surface area contributed by atoms with Gasteiger partial charge in [-0.2, -0.15) is 0 Å². The summed E-state index contributed by atoms with van der Waals surface area (Å²) in [5.41, 5.74) is 5.77. The molecule has 23 nitrogen and oxygen atoms in total. The summed E-state index contributed by atoms with van der Waals surface area (Å²) in [5, 5.41) is 16.6. The molecule has 346 valence electrons. The molecule has 0 aliphatic carbocycles. The van der Waals surface area contributed by atoms with Gasteiger partial charge in [0.1, 0.15) is 12.3 Å². The Hall–Kier alpha value is -5.72. The molecule has 0 unspecified atom stereocenters. The molecule has 0 bridgehead atoms. The predicted octanol–water partition coefficient (Wildman–Crippen LogP) is -1.29. The quantitative estimate of drug-likeness (QED) is 0.0489. The van der Waals surface area contributed by atoms with Crippen molar-refractivity contribution in [2.24, 2.45) is 32.8 Å². The van der Waals surface area contributed by atoms with Gasteiger partial charge in [0.25, 0.3) is 17.7 Å². The fraction of sp³-hybridized carbons (Fsp3) is 0.600. The van der Waals surface area contributed by atoms with Gasteiger partial charge >= 0.3 is 0 Å². The van der Waals surface area contributed by atoms with Crippen LogP contribution in [0.15, 0.2) is 24.7 Å². The standard InChI is InChI=1S/C40H62N14O9/c1-50-24-29(22-30(50)39(59)44-11-7-34(56)46-31-25-51(2)37(48-31)36(41)58)45-40(60)38-49-32(26-52(38)3)47-33(55)6-10-43-35(57)27-63-21-20-62-19-18-61-17-16-53-12-14-54(15-13-53)23-28-4-8-42-9-5-28/h22,24-26,28,42H,4-21,23,27H2,1-3H3,(H2,41,58)(H,43,57)(H,44,59)(H,45,60)(H,46,56)(H,47,55). The summed E-state index contributed by atoms with van der Waals surface area (Å²) in [4.78, 5) is 87.5. The SMILES string of the molecule is Cn1cc(NC(=O)c2nc(NC(=O)CCNC(=O)COCCOCCOCCN3CCN(CC4CCNCC4)CC3)cn2C)cc1C(=O)NCCC(=O)Nc1cn(C)c(C(N)=O)n1. The zero-order valence-corrected chi connectivity index (χ0v) is 36.4. The minimum absolute atomic E-state index is 0.000417. The maximum atomic E-state index is 13.1. The molecule has 5 heterocycles. The Bertz CT molecular complexity index is 2000. The largest absolute Gasteiger partial charge is 0.378 e. The molecule has 3 aromatic rings. The van der Waals surface area contributed by atoms with Crippen LogP contribution in [0.5, 0.6) is 0 Å². The number of aromatic nitrogens is 5. The number of amides is 6. The maximum absolute atomic E-state index is 13.1. The molecular formula is C40H62N14O9. The number of carbonyl (C=O) groups is 6. The summed E-state index contributed by atoms with van der Waals surface area (Å²) in [5.74, 6) is -1.96. The zero-order valence-electron chi connectivity index (χ0n) is 36.4. The van der Waals surface area contributed by atoms with E-state index in [1.54, 1.807) is 21.1 Å². The number of piperidine rings is 1. The molecule has 2 fully saturated rings. The van der Waals surface area contributed by atoms with Gasteiger partial charge in [-0.05, 0) is 37.9 Å². The number of primary amides is 1. The first-order chi connectivity index (χ1) is 30.3. The summed E-state index contributed by atoms with van der Waals surface area (Å²) in [6.07, 6.45) is 6.90. The highest BCUT2D eigenvalue weighted by atomic mass is 16.5. The smallest absolute Gasteiger partial charge is 0.291 e. The number of nitrogens with one attached hydrogen (secondary N) is 6. The lowest BCUT2D eigenvalue weighted by Gasteiger charge is -2.37. The highest BCUT2D eigenvalue weighted by Crippen LogP contribution is 2.17. The van der Waals surface area contributed by atoms with E-state index in [0.717, 1.165) is 51.7 Å². The average molecular weight is 883 g/mol. The summed E-state index contributed by atoms with van der Waals surface area (Å²) >= 11 is 0. The minimum atomic E-state index is -0.738. The van der Waals surface area contributed by atoms with Gasteiger partial charge < -0.3 is 70.4 Å². The first-order valence-electron chi connectivity index (χ1n) is 21.2. The molecule has 8 N–H and O–H groups in total. The van der Waals surface area contributed by atoms with Crippen molar-refractivity contribution in [1.82, 2.24) is 49.4 Å². The van der Waals surface area contributed by atoms with Gasteiger partial charge in [-0.25, -0.2) is 9.97 Å². The van der Waals surface area contributed by atoms with Crippen molar-refractivity contribution in [2.75, 3.05) is 121 Å². The van der Waals surface area contributed by atoms with Crippen molar-refractivity contribution in [3.8, 4) is 0 Å². The van der Waals surface area contributed by atoms with Crippen LogP contribution in [0, 0.1) is 5.92 Å². The number of nitrogens with two attached hydrogens (primary N) is 1. The fourth-order valence-electron chi connectivity index (χ4n) is 7.12. The number of imidazole rings is 2. The maximum Gasteiger partial charge on any atom is 0.291 e. The molecule has 2 aliphatic rings. The van der Waals surface area contributed by atoms with E-state index in [0.29, 0.717) is 32.1 Å². The van der Waals surface area contributed by atoms with Crippen molar-refractivity contribution in [2.45, 2.75) is 25.7 Å². The lowest BCUT2D eigenvalue weighted by atomic mass is 9.97. The van der Waals surface area contributed by atoms with Crippen LogP contribution in [0.3, 0.4) is 0 Å². The third kappa shape index (κ3) is 16.2. The van der Waals surface area contributed by atoms with Crippen LogP contribution in [-0.2, 0) is 49.7 Å². The van der Waals surface area contributed by atoms with Crippen LogP contribution in [-0.4, -0.2) is 174 Å². The Morgan fingerprint density at radius 1 is 0.683 bits per heavy atom. The van der Waals surface area contributed by atoms with E-state index in [2.05, 4.69) is 51.7 Å². The van der Waals surface area contributed by atoms with Gasteiger partial charge in [0.05, 0.1) is 38.7 Å². The third-order valence-corrected chi connectivity index (χ3v) is 10.5. The molecule has 0 saturated carbocycles. The molecule has 2 saturated heterocycles. The number of anilines is 3. The Kier molecular flexibility index (Phi) is 19.0. The van der Waals surface area contributed by atoms with Crippen molar-refractivity contribution in [1.29, 1.82) is 0 Å². The second-order valence-corrected chi connectivity index (χ2v) is 15.5. The highest BCUT2D eigenvalue weighted by Gasteiger charge is 2.22. The summed E-state index contributed by atoms with van der Waals surface area (Å²) in [6, 6.07) is 1.46. The van der Waals surface area contributed by atoms with Crippen LogP contribution in [0.25, 0.3) is 0 Å². The first kappa shape index (κ1) is 48.3. The van der Waals surface area contributed by atoms with Gasteiger partial charge in [0.15, 0.2) is 11.6 Å². The Labute approximate surface area is 366 Å². The van der Waals surface area contributed by atoms with Gasteiger partial charge in [0.2, 0.25) is 29.4 Å². The van der Waals surface area contributed by atoms with E-state index in [1.807, 2.05) is 0 Å². The van der Waals surface area contributed by atoms with Crippen molar-refractivity contribution in [3.63, 3.8) is 0 Å². The molecular weight excluding hydrogens is 821 g/mol. The Morgan fingerprint density at radius 2 is 1.25 bits per heavy atom. The van der Waals surface area contributed by atoms with E-state index in [-0.39, 0.29) is 74.0 Å². The lowest BCUT2D eigenvalue weighted by Crippen LogP contribution is -2.49. The summed E-state index contributed by atoms with van der Waals surface area (Å²) in [7, 11) is 4.77. The van der Waals surface area contributed by atoms with Gasteiger partial charge in [-0.3, -0.25) is 33.7 Å². The second-order valence-electron chi connectivity index (χ2n) is 15.5. The van der Waals surface area contributed by atoms with Gasteiger partial charge in [0, 0.05) is 105 Å². The molecule has 0 radical (unpaired) electrons. The number of hydrogen-bond donors (Lipinski definition) is 7. The number of nitrogens with zero attached hydrogens (tertiary/aromatic N) is 7. The molecule has 2 aliphatic heterocycles. The number of ether oxygens (including phenoxy) is 3. The third-order valence-electron chi connectivity index (χ3n) is 10.5.